The van der Waals surface area contributed by atoms with E-state index in [-0.39, 0.29) is 0 Å². The molecule has 0 aromatic heterocycles. The van der Waals surface area contributed by atoms with Crippen molar-refractivity contribution in [2.75, 3.05) is 18.5 Å². The first-order chi connectivity index (χ1) is 10.2. The second-order valence-corrected chi connectivity index (χ2v) is 5.79. The monoisotopic (exact) mass is 364 g/mol. The third kappa shape index (κ3) is 5.02. The molecule has 110 valence electrons. The van der Waals surface area contributed by atoms with Crippen LogP contribution in [0.1, 0.15) is 12.0 Å². The fraction of sp³-hybridized carbons (Fsp3) is 0.188. The summed E-state index contributed by atoms with van der Waals surface area (Å²) in [6.07, 6.45) is 0.920. The van der Waals surface area contributed by atoms with E-state index < -0.39 is 0 Å². The van der Waals surface area contributed by atoms with E-state index in [1.165, 1.54) is 0 Å². The van der Waals surface area contributed by atoms with Gasteiger partial charge in [0.2, 0.25) is 0 Å². The molecule has 0 fully saturated rings. The number of hydrogen-bond donors (Lipinski definition) is 2. The number of para-hydroxylation sites is 1. The molecule has 0 atom stereocenters. The predicted molar refractivity (Wildman–Crippen MR) is 95.1 cm³/mol. The summed E-state index contributed by atoms with van der Waals surface area (Å²) < 4.78 is 6.54. The minimum absolute atomic E-state index is 0.393. The maximum absolute atomic E-state index is 5.64. The Bertz CT molecular complexity index is 604. The van der Waals surface area contributed by atoms with Crippen LogP contribution in [0.25, 0.3) is 0 Å². The van der Waals surface area contributed by atoms with Gasteiger partial charge in [-0.05, 0) is 52.7 Å². The number of anilines is 1. The van der Waals surface area contributed by atoms with Crippen LogP contribution in [0, 0.1) is 0 Å². The van der Waals surface area contributed by atoms with Gasteiger partial charge in [-0.15, -0.1) is 0 Å². The number of halogens is 1. The Hall–Kier alpha value is -1.59. The van der Waals surface area contributed by atoms with Gasteiger partial charge in [-0.3, -0.25) is 0 Å². The van der Waals surface area contributed by atoms with E-state index in [1.54, 1.807) is 0 Å². The molecular formula is C16H17BrN2OS. The van der Waals surface area contributed by atoms with E-state index >= 15 is 0 Å². The fourth-order valence-corrected chi connectivity index (χ4v) is 2.74. The average Bonchev–Trinajstić information content (AvgIpc) is 2.47. The van der Waals surface area contributed by atoms with Gasteiger partial charge in [0.15, 0.2) is 0 Å². The van der Waals surface area contributed by atoms with Crippen molar-refractivity contribution < 1.29 is 4.74 Å². The molecule has 0 bridgehead atoms. The topological polar surface area (TPSA) is 47.3 Å². The third-order valence-electron chi connectivity index (χ3n) is 2.90. The summed E-state index contributed by atoms with van der Waals surface area (Å²) in [6.45, 7) is 1.52. The Morgan fingerprint density at radius 1 is 1.19 bits per heavy atom. The highest BCUT2D eigenvalue weighted by atomic mass is 79.9. The number of hydrogen-bond acceptors (Lipinski definition) is 3. The van der Waals surface area contributed by atoms with Crippen LogP contribution in [0.3, 0.4) is 0 Å². The van der Waals surface area contributed by atoms with E-state index in [1.807, 2.05) is 48.5 Å². The lowest BCUT2D eigenvalue weighted by molar-refractivity contribution is 0.315. The van der Waals surface area contributed by atoms with Gasteiger partial charge in [-0.1, -0.05) is 30.4 Å². The summed E-state index contributed by atoms with van der Waals surface area (Å²) in [5.74, 6) is 0.904. The molecular weight excluding hydrogens is 348 g/mol. The molecule has 0 amide bonds. The number of ether oxygens (including phenoxy) is 1. The van der Waals surface area contributed by atoms with Gasteiger partial charge in [0.1, 0.15) is 10.7 Å². The normalized spacial score (nSPS) is 10.1. The lowest BCUT2D eigenvalue weighted by Crippen LogP contribution is -2.11. The molecule has 0 saturated heterocycles. The molecule has 0 saturated carbocycles. The zero-order valence-corrected chi connectivity index (χ0v) is 13.9. The molecule has 5 heteroatoms. The molecule has 21 heavy (non-hydrogen) atoms. The summed E-state index contributed by atoms with van der Waals surface area (Å²) in [5.41, 5.74) is 7.50. The highest BCUT2D eigenvalue weighted by Gasteiger charge is 2.03. The highest BCUT2D eigenvalue weighted by molar-refractivity contribution is 9.10. The summed E-state index contributed by atoms with van der Waals surface area (Å²) in [5, 5.41) is 3.34. The first-order valence-corrected chi connectivity index (χ1v) is 7.88. The van der Waals surface area contributed by atoms with Gasteiger partial charge in [0.05, 0.1) is 6.61 Å². The summed E-state index contributed by atoms with van der Waals surface area (Å²) >= 11 is 8.44. The average molecular weight is 365 g/mol. The van der Waals surface area contributed by atoms with Crippen LogP contribution in [0.15, 0.2) is 53.0 Å². The van der Waals surface area contributed by atoms with E-state index in [2.05, 4.69) is 21.2 Å². The van der Waals surface area contributed by atoms with Crippen LogP contribution >= 0.6 is 28.1 Å². The van der Waals surface area contributed by atoms with Gasteiger partial charge >= 0.3 is 0 Å². The second kappa shape index (κ2) is 8.00. The van der Waals surface area contributed by atoms with Crippen molar-refractivity contribution in [1.29, 1.82) is 0 Å². The maximum atomic E-state index is 5.64. The molecule has 2 aromatic rings. The SMILES string of the molecule is NC(=S)c1ccc(NCCCOc2ccccc2)cc1Br. The van der Waals surface area contributed by atoms with Crippen molar-refractivity contribution in [2.45, 2.75) is 6.42 Å². The van der Waals surface area contributed by atoms with E-state index in [4.69, 9.17) is 22.7 Å². The number of rotatable bonds is 7. The Balaban J connectivity index is 1.74. The van der Waals surface area contributed by atoms with Crippen molar-refractivity contribution in [3.8, 4) is 5.75 Å². The molecule has 0 unspecified atom stereocenters. The first-order valence-electron chi connectivity index (χ1n) is 6.68. The minimum Gasteiger partial charge on any atom is -0.494 e. The van der Waals surface area contributed by atoms with Gasteiger partial charge in [0.25, 0.3) is 0 Å². The molecule has 3 nitrogen and oxygen atoms in total. The van der Waals surface area contributed by atoms with E-state index in [0.717, 1.165) is 34.4 Å². The van der Waals surface area contributed by atoms with Crippen LogP contribution in [0.5, 0.6) is 5.75 Å². The summed E-state index contributed by atoms with van der Waals surface area (Å²) in [6, 6.07) is 15.7. The van der Waals surface area contributed by atoms with Gasteiger partial charge in [-0.25, -0.2) is 0 Å². The summed E-state index contributed by atoms with van der Waals surface area (Å²) in [7, 11) is 0. The summed E-state index contributed by atoms with van der Waals surface area (Å²) in [4.78, 5) is 0.393. The fourth-order valence-electron chi connectivity index (χ4n) is 1.84. The zero-order valence-electron chi connectivity index (χ0n) is 11.5. The molecule has 0 aliphatic heterocycles. The van der Waals surface area contributed by atoms with Gasteiger partial charge in [-0.2, -0.15) is 0 Å². The van der Waals surface area contributed by atoms with Crippen LogP contribution < -0.4 is 15.8 Å². The van der Waals surface area contributed by atoms with E-state index in [9.17, 15) is 0 Å². The maximum Gasteiger partial charge on any atom is 0.119 e. The molecule has 0 aliphatic rings. The molecule has 0 heterocycles. The standard InChI is InChI=1S/C16H17BrN2OS/c17-15-11-12(7-8-14(15)16(18)21)19-9-4-10-20-13-5-2-1-3-6-13/h1-3,5-8,11,19H,4,9-10H2,(H2,18,21). The third-order valence-corrected chi connectivity index (χ3v) is 3.77. The van der Waals surface area contributed by atoms with Crippen LogP contribution in [0.2, 0.25) is 0 Å². The van der Waals surface area contributed by atoms with Crippen molar-refractivity contribution in [3.63, 3.8) is 0 Å². The van der Waals surface area contributed by atoms with Crippen molar-refractivity contribution in [1.82, 2.24) is 0 Å². The second-order valence-electron chi connectivity index (χ2n) is 4.50. The van der Waals surface area contributed by atoms with Crippen molar-refractivity contribution in [2.24, 2.45) is 5.73 Å². The Morgan fingerprint density at radius 3 is 2.62 bits per heavy atom. The Morgan fingerprint density at radius 2 is 1.95 bits per heavy atom. The molecule has 0 spiro atoms. The van der Waals surface area contributed by atoms with Crippen molar-refractivity contribution in [3.05, 3.63) is 58.6 Å². The molecule has 3 N–H and O–H groups in total. The zero-order chi connectivity index (χ0) is 15.1. The predicted octanol–water partition coefficient (Wildman–Crippen LogP) is 3.96. The minimum atomic E-state index is 0.393. The molecule has 0 radical (unpaired) electrons. The number of nitrogens with two attached hydrogens (primary N) is 1. The van der Waals surface area contributed by atoms with Crippen molar-refractivity contribution >= 4 is 38.8 Å². The molecule has 2 rings (SSSR count). The Labute approximate surface area is 138 Å². The first kappa shape index (κ1) is 15.8. The number of nitrogens with one attached hydrogen (secondary N) is 1. The van der Waals surface area contributed by atoms with Crippen LogP contribution in [-0.4, -0.2) is 18.1 Å². The lowest BCUT2D eigenvalue weighted by atomic mass is 10.2. The molecule has 2 aromatic carbocycles. The highest BCUT2D eigenvalue weighted by Crippen LogP contribution is 2.21. The largest absolute Gasteiger partial charge is 0.494 e. The Kier molecular flexibility index (Phi) is 6.02. The smallest absolute Gasteiger partial charge is 0.119 e. The quantitative estimate of drug-likeness (QED) is 0.576. The molecule has 0 aliphatic carbocycles. The van der Waals surface area contributed by atoms with E-state index in [0.29, 0.717) is 11.6 Å². The van der Waals surface area contributed by atoms with Gasteiger partial charge in [0, 0.05) is 22.3 Å². The lowest BCUT2D eigenvalue weighted by Gasteiger charge is -2.10. The van der Waals surface area contributed by atoms with Crippen LogP contribution in [0.4, 0.5) is 5.69 Å². The van der Waals surface area contributed by atoms with Gasteiger partial charge < -0.3 is 15.8 Å². The number of benzene rings is 2. The van der Waals surface area contributed by atoms with Crippen LogP contribution in [-0.2, 0) is 0 Å². The number of thiocarbonyl (C=S) groups is 1.